The van der Waals surface area contributed by atoms with E-state index >= 15 is 0 Å². The Hall–Kier alpha value is -1.30. The number of aromatic nitrogens is 12. The van der Waals surface area contributed by atoms with E-state index < -0.39 is 18.7 Å². The van der Waals surface area contributed by atoms with Crippen LogP contribution in [0.5, 0.6) is 0 Å². The molecule has 0 saturated carbocycles. The van der Waals surface area contributed by atoms with E-state index in [2.05, 4.69) is 379 Å². The number of rotatable bonds is 6. The minimum atomic E-state index is -3.22. The van der Waals surface area contributed by atoms with Crippen LogP contribution in [0.1, 0.15) is 193 Å². The second kappa shape index (κ2) is 62.0. The molecular formula is C64H122Cl11N25O11P5Y. The second-order valence-corrected chi connectivity index (χ2v) is 40.9. The van der Waals surface area contributed by atoms with Gasteiger partial charge in [0.15, 0.2) is 23.3 Å². The molecule has 10 rings (SSSR count). The molecule has 22 atom stereocenters. The van der Waals surface area contributed by atoms with Crippen molar-refractivity contribution < 1.29 is 79.1 Å². The van der Waals surface area contributed by atoms with Crippen LogP contribution in [-0.2, 0) is 45.4 Å². The fraction of sp³-hybridized carbons (Fsp3) is 0.750. The molecule has 4 saturated heterocycles. The van der Waals surface area contributed by atoms with E-state index in [0.717, 1.165) is 0 Å². The maximum atomic E-state index is 10.0. The van der Waals surface area contributed by atoms with Crippen LogP contribution in [0.15, 0.2) is 42.2 Å². The summed E-state index contributed by atoms with van der Waals surface area (Å²) in [6.07, 6.45) is 6.57. The monoisotopic (exact) mass is 2050 g/mol. The molecule has 0 radical (unpaired) electrons. The van der Waals surface area contributed by atoms with Gasteiger partial charge in [0.2, 0.25) is 0 Å². The molecule has 4 aliphatic heterocycles. The van der Waals surface area contributed by atoms with E-state index in [1.54, 1.807) is 27.7 Å². The van der Waals surface area contributed by atoms with Crippen LogP contribution in [0.4, 0.5) is 12.0 Å². The Bertz CT molecular complexity index is 3560. The Morgan fingerprint density at radius 3 is 1.03 bits per heavy atom. The van der Waals surface area contributed by atoms with Gasteiger partial charge in [0.25, 0.3) is 9.68 Å². The predicted octanol–water partition coefficient (Wildman–Crippen LogP) is 15.8. The van der Waals surface area contributed by atoms with E-state index in [0.29, 0.717) is 156 Å². The zero-order valence-corrected chi connectivity index (χ0v) is 87.9. The predicted molar refractivity (Wildman–Crippen MR) is 482 cm³/mol. The van der Waals surface area contributed by atoms with E-state index in [9.17, 15) is 9.36 Å². The minimum absolute atomic E-state index is 0. The summed E-state index contributed by atoms with van der Waals surface area (Å²) in [5.41, 5.74) is 9.58. The van der Waals surface area contributed by atoms with Crippen molar-refractivity contribution in [2.24, 2.45) is 21.8 Å². The molecule has 0 bridgehead atoms. The molecule has 53 heteroatoms. The number of nitrogens with two attached hydrogens (primary N) is 2. The third kappa shape index (κ3) is 51.8. The summed E-state index contributed by atoms with van der Waals surface area (Å²) in [6, 6.07) is 10.3. The molecule has 10 heterocycles. The first-order chi connectivity index (χ1) is 53.2. The van der Waals surface area contributed by atoms with Gasteiger partial charge in [0, 0.05) is 102 Å². The Labute approximate surface area is 778 Å². The smallest absolute Gasteiger partial charge is 0.459 e. The van der Waals surface area contributed by atoms with Crippen molar-refractivity contribution in [3.8, 4) is 0 Å². The molecule has 4 aliphatic rings. The first-order valence-electron chi connectivity index (χ1n) is 35.8. The number of anilines is 2. The SMILES string of the molecule is C/C(N)=N/O.C/C(N)=N/O.CC1NC(C)C(C)N(P)C1C.CC1NC(C)C(C)N(P)C1C.C[CH-]C(C)N(P)C(C)[CH-]C.Cc1n[c-]on1.Cc1noc(=O)[nH]1.Cc1noc(C(Cl)(Cl)Cl)n1.Cc1noc(Cl)n1.Cc1noc(N2C(C)C(C)N(P)C(C)C2C)n1.Cc1noc(N2C(C)C(C)NC(C)C2C)n1.ClOC(Cl)(Cl)Cl.O=P(Cl)(Cl)Cl.[Y+3]. The maximum absolute atomic E-state index is 10.0. The number of nitrogens with zero attached hydrogens (tertiary/aromatic N) is 19. The molecule has 0 amide bonds. The van der Waals surface area contributed by atoms with Crippen molar-refractivity contribution in [1.29, 1.82) is 0 Å². The van der Waals surface area contributed by atoms with Crippen molar-refractivity contribution in [3.05, 3.63) is 76.0 Å². The molecular weight excluding hydrogens is 1930 g/mol. The zero-order valence-electron chi connectivity index (χ0n) is 71.3. The fourth-order valence-electron chi connectivity index (χ4n) is 9.79. The van der Waals surface area contributed by atoms with Gasteiger partial charge < -0.3 is 92.7 Å². The molecule has 36 nitrogen and oxygen atoms in total. The molecule has 22 unspecified atom stereocenters. The van der Waals surface area contributed by atoms with Gasteiger partial charge in [-0.1, -0.05) is 164 Å². The van der Waals surface area contributed by atoms with Gasteiger partial charge in [-0.05, 0) is 205 Å². The van der Waals surface area contributed by atoms with Crippen LogP contribution >= 0.6 is 170 Å². The van der Waals surface area contributed by atoms with Crippen LogP contribution in [0.2, 0.25) is 5.35 Å². The van der Waals surface area contributed by atoms with Crippen molar-refractivity contribution in [2.75, 3.05) is 9.80 Å². The molecule has 6 aromatic rings. The van der Waals surface area contributed by atoms with Crippen LogP contribution in [0, 0.1) is 60.8 Å². The Kier molecular flexibility index (Phi) is 64.6. The second-order valence-electron chi connectivity index (χ2n) is 26.9. The van der Waals surface area contributed by atoms with Gasteiger partial charge in [0.1, 0.15) is 17.5 Å². The van der Waals surface area contributed by atoms with Gasteiger partial charge in [-0.2, -0.15) is 38.9 Å². The van der Waals surface area contributed by atoms with Crippen LogP contribution in [0.25, 0.3) is 0 Å². The number of piperazine rings is 4. The zero-order chi connectivity index (χ0) is 91.0. The van der Waals surface area contributed by atoms with Gasteiger partial charge in [-0.3, -0.25) is 28.1 Å². The fourth-order valence-corrected chi connectivity index (χ4v) is 12.0. The van der Waals surface area contributed by atoms with Crippen molar-refractivity contribution in [3.63, 3.8) is 0 Å². The summed E-state index contributed by atoms with van der Waals surface area (Å²) in [5, 5.41) is 49.2. The number of nitrogens with one attached hydrogen (secondary N) is 4. The van der Waals surface area contributed by atoms with Gasteiger partial charge in [-0.25, -0.2) is 9.08 Å². The summed E-state index contributed by atoms with van der Waals surface area (Å²) >= 11 is 54.6. The Morgan fingerprint density at radius 2 is 0.846 bits per heavy atom. The summed E-state index contributed by atoms with van der Waals surface area (Å²) < 4.78 is 47.0. The largest absolute Gasteiger partial charge is 3.00 e. The van der Waals surface area contributed by atoms with Crippen LogP contribution < -0.4 is 43.0 Å². The average Bonchev–Trinajstić information content (AvgIpc) is 1.74. The number of amidine groups is 2. The topological polar surface area (TPSA) is 453 Å². The summed E-state index contributed by atoms with van der Waals surface area (Å²) in [7, 11) is 11.2. The van der Waals surface area contributed by atoms with Gasteiger partial charge in [-0.15, -0.1) is 12.1 Å². The van der Waals surface area contributed by atoms with Gasteiger partial charge in [0.05, 0.1) is 18.3 Å². The number of alkyl halides is 6. The molecule has 0 aliphatic carbocycles. The summed E-state index contributed by atoms with van der Waals surface area (Å²) in [5.74, 6) is 3.37. The Balaban J connectivity index is -0.000000603. The first-order valence-corrected chi connectivity index (χ1v) is 45.3. The van der Waals surface area contributed by atoms with Crippen LogP contribution in [-0.4, -0.2) is 214 Å². The first kappa shape index (κ1) is 122. The van der Waals surface area contributed by atoms with E-state index in [1.807, 2.05) is 13.8 Å². The summed E-state index contributed by atoms with van der Waals surface area (Å²) in [6.45, 7) is 57.5. The molecule has 4 fully saturated rings. The average molecular weight is 2050 g/mol. The number of oxime groups is 2. The molecule has 0 spiro atoms. The van der Waals surface area contributed by atoms with E-state index in [-0.39, 0.29) is 55.6 Å². The number of aromatic amines is 1. The summed E-state index contributed by atoms with van der Waals surface area (Å²) in [4.78, 5) is 36.3. The normalized spacial score (nSPS) is 25.2. The molecule has 0 aromatic carbocycles. The number of hydrogen-bond donors (Lipinski definition) is 8. The minimum Gasteiger partial charge on any atom is -0.459 e. The number of H-pyrrole nitrogens is 1. The molecule has 674 valence electrons. The van der Waals surface area contributed by atoms with Crippen molar-refractivity contribution in [1.82, 2.24) is 95.5 Å². The standard InChI is InChI=1S/C11H21N4OP.C11H20N4O.2C8H19N2P.C8H18NP.C4H3Cl3N2O.C3H3ClN2O.C3H4N2O2.C3H3N2O.2C2H6N2O.CCl4O.Cl3OP.Y/c1-6-8(3)15(17)9(4)7(2)14(6)11-12-10(5)13-16-11;1-6-8(3)15(9(4)7(2)12-6)11-13-10(5)14-16-11;2*1-5-7(3)10(11)8(4)6(2)9-5;1-5-7(3)9(10)8(4)6-2;1-2-8-3(10-9-2)4(5,6)7;1-2-5-3(4)7-6-2;1-2-4-3(6)7-5-2;1-3-4-2-6-5-3;2*1-2(3)4-5;2-1(3,4)6-5;1-5(2,3)4;/h6-9H,17H2,1-5H3;6-9,12H,1-5H3;2*5-9H,11H2,1-4H3;5-8H,10H2,1-4H3;1H3;1H3;1H3,(H,4,5,6);1H3;2*5H,1H3,(H2,3,4);;;/q;;;;-2;;;;-1;;;;;+3. The third-order valence-electron chi connectivity index (χ3n) is 17.9. The van der Waals surface area contributed by atoms with Gasteiger partial charge >= 0.3 is 65.0 Å². The number of aryl methyl sites for hydroxylation is 6. The number of hydrogen-bond acceptors (Lipinski definition) is 33. The molecule has 6 aromatic heterocycles. The maximum Gasteiger partial charge on any atom is 3.00 e. The Morgan fingerprint density at radius 1 is 0.547 bits per heavy atom. The van der Waals surface area contributed by atoms with Crippen molar-refractivity contribution in [2.45, 2.75) is 310 Å². The van der Waals surface area contributed by atoms with E-state index in [1.165, 1.54) is 13.8 Å². The third-order valence-corrected chi connectivity index (χ3v) is 23.0. The quantitative estimate of drug-likeness (QED) is 0.0146. The molecule has 117 heavy (non-hydrogen) atoms. The van der Waals surface area contributed by atoms with Crippen LogP contribution in [0.3, 0.4) is 0 Å². The van der Waals surface area contributed by atoms with E-state index in [4.69, 9.17) is 112 Å². The molecule has 10 N–H and O–H groups in total. The van der Waals surface area contributed by atoms with Crippen molar-refractivity contribution >= 4 is 193 Å². The number of halogens is 11.